The summed E-state index contributed by atoms with van der Waals surface area (Å²) in [5, 5.41) is 17.7. The Morgan fingerprint density at radius 2 is 1.86 bits per heavy atom. The van der Waals surface area contributed by atoms with Crippen LogP contribution in [0.4, 0.5) is 0 Å². The lowest BCUT2D eigenvalue weighted by atomic mass is 10.3. The Morgan fingerprint density at radius 1 is 1.21 bits per heavy atom. The van der Waals surface area contributed by atoms with E-state index in [4.69, 9.17) is 19.7 Å². The molecular formula is C10H22O4. The minimum absolute atomic E-state index is 0.00380. The van der Waals surface area contributed by atoms with Gasteiger partial charge in [0.05, 0.1) is 38.1 Å². The molecule has 0 aliphatic rings. The van der Waals surface area contributed by atoms with Crippen LogP contribution in [0, 0.1) is 0 Å². The predicted molar refractivity (Wildman–Crippen MR) is 54.2 cm³/mol. The number of hydrogen-bond donors (Lipinski definition) is 2. The van der Waals surface area contributed by atoms with Crippen molar-refractivity contribution in [3.63, 3.8) is 0 Å². The first-order valence-electron chi connectivity index (χ1n) is 5.12. The third-order valence-corrected chi connectivity index (χ3v) is 1.80. The second kappa shape index (κ2) is 8.17. The summed E-state index contributed by atoms with van der Waals surface area (Å²) in [7, 11) is 0. The smallest absolute Gasteiger partial charge is 0.0810 e. The van der Waals surface area contributed by atoms with Crippen LogP contribution in [-0.2, 0) is 9.47 Å². The minimum Gasteiger partial charge on any atom is -0.394 e. The van der Waals surface area contributed by atoms with Gasteiger partial charge in [0.15, 0.2) is 0 Å². The van der Waals surface area contributed by atoms with Crippen LogP contribution in [0.15, 0.2) is 0 Å². The summed E-state index contributed by atoms with van der Waals surface area (Å²) >= 11 is 0. The normalized spacial score (nSPS) is 17.8. The summed E-state index contributed by atoms with van der Waals surface area (Å²) in [4.78, 5) is 0. The largest absolute Gasteiger partial charge is 0.394 e. The molecule has 86 valence electrons. The molecule has 0 aliphatic carbocycles. The molecule has 0 aromatic carbocycles. The molecule has 14 heavy (non-hydrogen) atoms. The third kappa shape index (κ3) is 7.26. The van der Waals surface area contributed by atoms with Crippen LogP contribution in [0.1, 0.15) is 27.2 Å². The van der Waals surface area contributed by atoms with Gasteiger partial charge in [0.1, 0.15) is 0 Å². The van der Waals surface area contributed by atoms with Crippen molar-refractivity contribution < 1.29 is 19.7 Å². The van der Waals surface area contributed by atoms with Crippen molar-refractivity contribution in [1.82, 2.24) is 0 Å². The van der Waals surface area contributed by atoms with E-state index in [1.54, 1.807) is 6.92 Å². The molecule has 0 rings (SSSR count). The molecule has 0 saturated carbocycles. The molecule has 3 atom stereocenters. The van der Waals surface area contributed by atoms with Gasteiger partial charge in [-0.05, 0) is 20.3 Å². The van der Waals surface area contributed by atoms with Crippen molar-refractivity contribution in [2.24, 2.45) is 0 Å². The van der Waals surface area contributed by atoms with Crippen molar-refractivity contribution in [1.29, 1.82) is 0 Å². The highest BCUT2D eigenvalue weighted by atomic mass is 16.5. The third-order valence-electron chi connectivity index (χ3n) is 1.80. The SMILES string of the molecule is CCC(COCC(C)O)OC(C)CO. The van der Waals surface area contributed by atoms with Crippen molar-refractivity contribution in [2.75, 3.05) is 19.8 Å². The van der Waals surface area contributed by atoms with E-state index in [9.17, 15) is 0 Å². The lowest BCUT2D eigenvalue weighted by Crippen LogP contribution is -2.27. The Bertz CT molecular complexity index is 127. The van der Waals surface area contributed by atoms with Crippen LogP contribution >= 0.6 is 0 Å². The number of aliphatic hydroxyl groups is 2. The van der Waals surface area contributed by atoms with E-state index in [0.29, 0.717) is 13.2 Å². The van der Waals surface area contributed by atoms with Gasteiger partial charge >= 0.3 is 0 Å². The van der Waals surface area contributed by atoms with E-state index < -0.39 is 6.10 Å². The maximum Gasteiger partial charge on any atom is 0.0810 e. The fourth-order valence-electron chi connectivity index (χ4n) is 0.995. The highest BCUT2D eigenvalue weighted by Crippen LogP contribution is 2.03. The molecule has 4 heteroatoms. The summed E-state index contributed by atoms with van der Waals surface area (Å²) in [6.45, 7) is 6.31. The number of rotatable bonds is 8. The van der Waals surface area contributed by atoms with Gasteiger partial charge in [-0.2, -0.15) is 0 Å². The fraction of sp³-hybridized carbons (Fsp3) is 1.00. The minimum atomic E-state index is -0.442. The van der Waals surface area contributed by atoms with E-state index in [0.717, 1.165) is 6.42 Å². The summed E-state index contributed by atoms with van der Waals surface area (Å²) < 4.78 is 10.7. The van der Waals surface area contributed by atoms with Gasteiger partial charge in [-0.25, -0.2) is 0 Å². The summed E-state index contributed by atoms with van der Waals surface area (Å²) in [6.07, 6.45) is 0.234. The monoisotopic (exact) mass is 206 g/mol. The van der Waals surface area contributed by atoms with Crippen LogP contribution in [0.3, 0.4) is 0 Å². The first kappa shape index (κ1) is 13.8. The second-order valence-corrected chi connectivity index (χ2v) is 3.55. The van der Waals surface area contributed by atoms with Crippen molar-refractivity contribution >= 4 is 0 Å². The van der Waals surface area contributed by atoms with Gasteiger partial charge < -0.3 is 19.7 Å². The molecule has 0 aliphatic heterocycles. The van der Waals surface area contributed by atoms with Crippen LogP contribution in [0.2, 0.25) is 0 Å². The van der Waals surface area contributed by atoms with Gasteiger partial charge in [0.2, 0.25) is 0 Å². The lowest BCUT2D eigenvalue weighted by molar-refractivity contribution is -0.0765. The molecule has 3 unspecified atom stereocenters. The molecule has 0 spiro atoms. The van der Waals surface area contributed by atoms with Gasteiger partial charge in [-0.1, -0.05) is 6.92 Å². The Balaban J connectivity index is 3.57. The molecule has 4 nitrogen and oxygen atoms in total. The second-order valence-electron chi connectivity index (χ2n) is 3.55. The van der Waals surface area contributed by atoms with Crippen LogP contribution < -0.4 is 0 Å². The van der Waals surface area contributed by atoms with E-state index in [1.165, 1.54) is 0 Å². The molecular weight excluding hydrogens is 184 g/mol. The maximum atomic E-state index is 8.96. The number of aliphatic hydroxyl groups excluding tert-OH is 2. The first-order valence-corrected chi connectivity index (χ1v) is 5.12. The zero-order chi connectivity index (χ0) is 11.0. The molecule has 0 amide bonds. The zero-order valence-electron chi connectivity index (χ0n) is 9.27. The van der Waals surface area contributed by atoms with Gasteiger partial charge in [0, 0.05) is 0 Å². The van der Waals surface area contributed by atoms with Crippen molar-refractivity contribution in [2.45, 2.75) is 45.5 Å². The molecule has 0 aromatic heterocycles. The van der Waals surface area contributed by atoms with Gasteiger partial charge in [-0.3, -0.25) is 0 Å². The van der Waals surface area contributed by atoms with Gasteiger partial charge in [0.25, 0.3) is 0 Å². The highest BCUT2D eigenvalue weighted by molar-refractivity contribution is 4.57. The molecule has 0 fully saturated rings. The van der Waals surface area contributed by atoms with Gasteiger partial charge in [-0.15, -0.1) is 0 Å². The highest BCUT2D eigenvalue weighted by Gasteiger charge is 2.11. The molecule has 2 N–H and O–H groups in total. The Labute approximate surface area is 85.8 Å². The van der Waals surface area contributed by atoms with E-state index >= 15 is 0 Å². The maximum absolute atomic E-state index is 8.96. The zero-order valence-corrected chi connectivity index (χ0v) is 9.27. The van der Waals surface area contributed by atoms with Crippen LogP contribution in [0.25, 0.3) is 0 Å². The summed E-state index contributed by atoms with van der Waals surface area (Å²) in [6, 6.07) is 0. The number of ether oxygens (including phenoxy) is 2. The lowest BCUT2D eigenvalue weighted by Gasteiger charge is -2.20. The molecule has 0 saturated heterocycles. The fourth-order valence-corrected chi connectivity index (χ4v) is 0.995. The Morgan fingerprint density at radius 3 is 2.29 bits per heavy atom. The Hall–Kier alpha value is -0.160. The number of hydrogen-bond acceptors (Lipinski definition) is 4. The van der Waals surface area contributed by atoms with Crippen molar-refractivity contribution in [3.8, 4) is 0 Å². The average Bonchev–Trinajstić information content (AvgIpc) is 2.15. The Kier molecular flexibility index (Phi) is 8.08. The van der Waals surface area contributed by atoms with E-state index in [1.807, 2.05) is 13.8 Å². The van der Waals surface area contributed by atoms with Crippen molar-refractivity contribution in [3.05, 3.63) is 0 Å². The first-order chi connectivity index (χ1) is 6.60. The standard InChI is InChI=1S/C10H22O4/c1-4-10(14-9(3)5-11)7-13-6-8(2)12/h8-12H,4-7H2,1-3H3. The average molecular weight is 206 g/mol. The topological polar surface area (TPSA) is 58.9 Å². The summed E-state index contributed by atoms with van der Waals surface area (Å²) in [5.41, 5.74) is 0. The summed E-state index contributed by atoms with van der Waals surface area (Å²) in [5.74, 6) is 0. The van der Waals surface area contributed by atoms with Crippen LogP contribution in [0.5, 0.6) is 0 Å². The predicted octanol–water partition coefficient (Wildman–Crippen LogP) is 0.560. The van der Waals surface area contributed by atoms with E-state index in [-0.39, 0.29) is 18.8 Å². The van der Waals surface area contributed by atoms with E-state index in [2.05, 4.69) is 0 Å². The molecule has 0 heterocycles. The molecule has 0 radical (unpaired) electrons. The molecule has 0 aromatic rings. The molecule has 0 bridgehead atoms. The quantitative estimate of drug-likeness (QED) is 0.609. The van der Waals surface area contributed by atoms with Crippen LogP contribution in [-0.4, -0.2) is 48.3 Å².